The molecule has 5 rings (SSSR count). The number of aliphatic hydroxyl groups excluding tert-OH is 2. The number of rotatable bonds is 3. The van der Waals surface area contributed by atoms with Crippen LogP contribution >= 0.6 is 0 Å². The molecule has 5 fully saturated rings. The third-order valence-electron chi connectivity index (χ3n) is 8.09. The van der Waals surface area contributed by atoms with Crippen molar-refractivity contribution in [3.63, 3.8) is 0 Å². The van der Waals surface area contributed by atoms with Crippen molar-refractivity contribution in [1.82, 2.24) is 25.3 Å². The average Bonchev–Trinajstić information content (AvgIpc) is 3.59. The van der Waals surface area contributed by atoms with Crippen LogP contribution in [0.4, 0.5) is 0 Å². The first-order chi connectivity index (χ1) is 17.3. The van der Waals surface area contributed by atoms with Gasteiger partial charge in [-0.15, -0.1) is 0 Å². The van der Waals surface area contributed by atoms with Gasteiger partial charge in [0.05, 0.1) is 25.1 Å². The van der Waals surface area contributed by atoms with Crippen molar-refractivity contribution in [1.29, 1.82) is 0 Å². The molecule has 5 aliphatic rings. The smallest absolute Gasteiger partial charge is 0.244 e. The Morgan fingerprint density at radius 3 is 2.53 bits per heavy atom. The number of carbonyl (C=O) groups is 4. The fraction of sp³-hybridized carbons (Fsp3) is 0.833. The molecule has 6 bridgehead atoms. The molecule has 4 heterocycles. The molecular weight excluding hydrogens is 470 g/mol. The third-order valence-corrected chi connectivity index (χ3v) is 8.09. The summed E-state index contributed by atoms with van der Waals surface area (Å²) in [6.45, 7) is 3.91. The van der Waals surface area contributed by atoms with Gasteiger partial charge in [0.1, 0.15) is 24.4 Å². The zero-order valence-corrected chi connectivity index (χ0v) is 20.7. The molecule has 36 heavy (non-hydrogen) atoms. The van der Waals surface area contributed by atoms with Crippen LogP contribution in [0.1, 0.15) is 39.0 Å². The number of ether oxygens (including phenoxy) is 1. The normalized spacial score (nSPS) is 38.2. The molecule has 0 aromatic rings. The van der Waals surface area contributed by atoms with Crippen molar-refractivity contribution in [2.24, 2.45) is 5.92 Å². The van der Waals surface area contributed by atoms with Gasteiger partial charge in [0.15, 0.2) is 0 Å². The third kappa shape index (κ3) is 4.96. The number of piperazine rings is 1. The molecule has 0 spiro atoms. The Hall–Kier alpha value is -2.28. The molecule has 0 unspecified atom stereocenters. The molecule has 1 aliphatic carbocycles. The molecule has 12 nitrogen and oxygen atoms in total. The average molecular weight is 508 g/mol. The highest BCUT2D eigenvalue weighted by Crippen LogP contribution is 2.33. The molecule has 4 amide bonds. The minimum absolute atomic E-state index is 0.0551. The van der Waals surface area contributed by atoms with Crippen LogP contribution in [-0.4, -0.2) is 130 Å². The summed E-state index contributed by atoms with van der Waals surface area (Å²) in [4.78, 5) is 58.0. The number of likely N-dealkylation sites (tertiary alicyclic amines) is 1. The lowest BCUT2D eigenvalue weighted by molar-refractivity contribution is -0.151. The summed E-state index contributed by atoms with van der Waals surface area (Å²) >= 11 is 0. The predicted octanol–water partition coefficient (Wildman–Crippen LogP) is -2.59. The number of nitrogens with zero attached hydrogens (tertiary/aromatic N) is 3. The molecular formula is C24H37N5O7. The van der Waals surface area contributed by atoms with Crippen LogP contribution < -0.4 is 10.6 Å². The van der Waals surface area contributed by atoms with Crippen molar-refractivity contribution >= 4 is 23.6 Å². The summed E-state index contributed by atoms with van der Waals surface area (Å²) < 4.78 is 5.76. The van der Waals surface area contributed by atoms with Crippen LogP contribution in [0.3, 0.4) is 0 Å². The highest BCUT2D eigenvalue weighted by molar-refractivity contribution is 5.91. The lowest BCUT2D eigenvalue weighted by Crippen LogP contribution is -2.63. The Kier molecular flexibility index (Phi) is 7.21. The Morgan fingerprint density at radius 1 is 1.06 bits per heavy atom. The number of nitrogens with one attached hydrogen (secondary N) is 2. The second-order valence-corrected chi connectivity index (χ2v) is 10.8. The van der Waals surface area contributed by atoms with Crippen molar-refractivity contribution in [2.75, 3.05) is 39.3 Å². The monoisotopic (exact) mass is 507 g/mol. The summed E-state index contributed by atoms with van der Waals surface area (Å²) in [5, 5.41) is 26.6. The van der Waals surface area contributed by atoms with Gasteiger partial charge in [0, 0.05) is 38.1 Å². The first-order valence-corrected chi connectivity index (χ1v) is 13.2. The Morgan fingerprint density at radius 2 is 1.81 bits per heavy atom. The first-order valence-electron chi connectivity index (χ1n) is 13.2. The van der Waals surface area contributed by atoms with E-state index in [1.807, 2.05) is 6.92 Å². The van der Waals surface area contributed by atoms with Gasteiger partial charge in [-0.3, -0.25) is 24.1 Å². The van der Waals surface area contributed by atoms with Crippen LogP contribution in [0, 0.1) is 5.92 Å². The number of aliphatic hydroxyl groups is 2. The van der Waals surface area contributed by atoms with Gasteiger partial charge in [-0.25, -0.2) is 0 Å². The molecule has 7 atom stereocenters. The topological polar surface area (TPSA) is 152 Å². The van der Waals surface area contributed by atoms with Crippen molar-refractivity contribution in [3.05, 3.63) is 0 Å². The summed E-state index contributed by atoms with van der Waals surface area (Å²) in [7, 11) is 0. The fourth-order valence-corrected chi connectivity index (χ4v) is 6.00. The first kappa shape index (κ1) is 25.4. The molecule has 0 aromatic heterocycles. The van der Waals surface area contributed by atoms with Crippen LogP contribution in [0.15, 0.2) is 0 Å². The van der Waals surface area contributed by atoms with Crippen LogP contribution in [0.2, 0.25) is 0 Å². The Labute approximate surface area is 210 Å². The highest BCUT2D eigenvalue weighted by atomic mass is 16.5. The number of carbonyl (C=O) groups excluding carboxylic acids is 4. The van der Waals surface area contributed by atoms with Gasteiger partial charge in [-0.05, 0) is 32.2 Å². The lowest BCUT2D eigenvalue weighted by Gasteiger charge is -2.42. The van der Waals surface area contributed by atoms with E-state index in [9.17, 15) is 29.4 Å². The van der Waals surface area contributed by atoms with Crippen LogP contribution in [0.5, 0.6) is 0 Å². The molecule has 200 valence electrons. The van der Waals surface area contributed by atoms with E-state index in [4.69, 9.17) is 4.74 Å². The van der Waals surface area contributed by atoms with E-state index >= 15 is 0 Å². The van der Waals surface area contributed by atoms with E-state index in [1.54, 1.807) is 9.80 Å². The molecule has 0 radical (unpaired) electrons. The largest absolute Gasteiger partial charge is 0.388 e. The van der Waals surface area contributed by atoms with Gasteiger partial charge >= 0.3 is 0 Å². The minimum atomic E-state index is -1.26. The number of fused-ring (bicyclic) bond motifs is 6. The summed E-state index contributed by atoms with van der Waals surface area (Å²) in [6.07, 6.45) is -1.53. The molecule has 1 saturated carbocycles. The van der Waals surface area contributed by atoms with Gasteiger partial charge in [-0.1, -0.05) is 6.92 Å². The van der Waals surface area contributed by atoms with E-state index in [-0.39, 0.29) is 55.7 Å². The maximum Gasteiger partial charge on any atom is 0.244 e. The molecule has 4 aliphatic heterocycles. The SMILES string of the molecule is CCCN1C[C@@H]2C[C@H]1C(=O)N1CCN(C(=O)C3CC3)[C@@H](C1)C(=O)NC[C@H]1O[C@@H](CC(=O)N2)[C@H](O)[C@@H]1O. The standard InChI is InChI=1S/C24H37N5O7/c1-2-5-27-11-14-8-15(27)24(35)28-6-7-29(23(34)13-3-4-13)16(12-28)22(33)25-10-18-21(32)20(31)17(36-18)9-19(30)26-14/h13-18,20-21,31-32H,2-12H2,1H3,(H,25,33)(H,26,30)/t14-,15-,16-,17-,18+,20-,21+/m0/s1. The molecule has 0 aromatic carbocycles. The maximum atomic E-state index is 13.7. The van der Waals surface area contributed by atoms with Gasteiger partial charge < -0.3 is 35.4 Å². The second kappa shape index (κ2) is 10.2. The van der Waals surface area contributed by atoms with Crippen molar-refractivity contribution in [2.45, 2.75) is 81.6 Å². The number of hydrogen-bond acceptors (Lipinski definition) is 8. The van der Waals surface area contributed by atoms with Crippen LogP contribution in [-0.2, 0) is 23.9 Å². The predicted molar refractivity (Wildman–Crippen MR) is 125 cm³/mol. The Bertz CT molecular complexity index is 898. The quantitative estimate of drug-likeness (QED) is 0.325. The molecule has 12 heteroatoms. The number of amides is 4. The number of hydrogen-bond donors (Lipinski definition) is 4. The molecule has 4 saturated heterocycles. The highest BCUT2D eigenvalue weighted by Gasteiger charge is 2.47. The van der Waals surface area contributed by atoms with Gasteiger partial charge in [0.25, 0.3) is 0 Å². The maximum absolute atomic E-state index is 13.7. The van der Waals surface area contributed by atoms with E-state index < -0.39 is 42.4 Å². The zero-order valence-electron chi connectivity index (χ0n) is 20.7. The van der Waals surface area contributed by atoms with E-state index in [0.717, 1.165) is 19.3 Å². The Balaban J connectivity index is 1.41. The van der Waals surface area contributed by atoms with Crippen LogP contribution in [0.25, 0.3) is 0 Å². The van der Waals surface area contributed by atoms with Gasteiger partial charge in [0.2, 0.25) is 23.6 Å². The van der Waals surface area contributed by atoms with Crippen molar-refractivity contribution in [3.8, 4) is 0 Å². The summed E-state index contributed by atoms with van der Waals surface area (Å²) in [5.74, 6) is -0.936. The summed E-state index contributed by atoms with van der Waals surface area (Å²) in [5.41, 5.74) is 0. The lowest BCUT2D eigenvalue weighted by atomic mass is 10.0. The zero-order chi connectivity index (χ0) is 25.6. The van der Waals surface area contributed by atoms with Gasteiger partial charge in [-0.2, -0.15) is 0 Å². The second-order valence-electron chi connectivity index (χ2n) is 10.8. The minimum Gasteiger partial charge on any atom is -0.388 e. The van der Waals surface area contributed by atoms with E-state index in [0.29, 0.717) is 26.1 Å². The fourth-order valence-electron chi connectivity index (χ4n) is 6.00. The summed E-state index contributed by atoms with van der Waals surface area (Å²) in [6, 6.07) is -1.49. The van der Waals surface area contributed by atoms with E-state index in [1.165, 1.54) is 0 Å². The van der Waals surface area contributed by atoms with Crippen molar-refractivity contribution < 1.29 is 34.1 Å². The van der Waals surface area contributed by atoms with E-state index in [2.05, 4.69) is 15.5 Å². The molecule has 4 N–H and O–H groups in total.